The summed E-state index contributed by atoms with van der Waals surface area (Å²) in [6.45, 7) is 12.6. The van der Waals surface area contributed by atoms with Crippen LogP contribution in [0.1, 0.15) is 39.0 Å². The number of H-pyrrole nitrogens is 1. The number of aromatic nitrogens is 2. The third-order valence-corrected chi connectivity index (χ3v) is 9.79. The number of hydrogen-bond acceptors (Lipinski definition) is 6. The van der Waals surface area contributed by atoms with Gasteiger partial charge in [0.25, 0.3) is 5.56 Å². The van der Waals surface area contributed by atoms with Crippen molar-refractivity contribution in [3.8, 4) is 0 Å². The first-order valence-corrected chi connectivity index (χ1v) is 11.6. The molecule has 1 saturated heterocycles. The maximum absolute atomic E-state index is 12.1. The lowest BCUT2D eigenvalue weighted by atomic mass is 10.1. The van der Waals surface area contributed by atoms with Crippen LogP contribution in [0.4, 0.5) is 0 Å². The molecule has 0 saturated carbocycles. The molecular weight excluding hydrogens is 354 g/mol. The van der Waals surface area contributed by atoms with Crippen molar-refractivity contribution >= 4 is 14.4 Å². The van der Waals surface area contributed by atoms with Crippen LogP contribution in [0.15, 0.2) is 20.8 Å². The summed E-state index contributed by atoms with van der Waals surface area (Å²) in [6, 6.07) is -0.443. The predicted octanol–water partition coefficient (Wildman–Crippen LogP) is 1.86. The van der Waals surface area contributed by atoms with E-state index in [2.05, 4.69) is 43.8 Å². The smallest absolute Gasteiger partial charge is 0.330 e. The van der Waals surface area contributed by atoms with Crippen LogP contribution >= 0.6 is 0 Å². The average Bonchev–Trinajstić information content (AvgIpc) is 2.91. The highest BCUT2D eigenvalue weighted by Gasteiger charge is 2.41. The summed E-state index contributed by atoms with van der Waals surface area (Å²) < 4.78 is 13.5. The van der Waals surface area contributed by atoms with Gasteiger partial charge in [-0.15, -0.1) is 0 Å². The summed E-state index contributed by atoms with van der Waals surface area (Å²) in [4.78, 5) is 40.5. The molecule has 0 spiro atoms. The molecule has 0 unspecified atom stereocenters. The van der Waals surface area contributed by atoms with Gasteiger partial charge in [-0.25, -0.2) is 9.59 Å². The number of aryl methyl sites for hydroxylation is 1. The second-order valence-corrected chi connectivity index (χ2v) is 13.0. The zero-order valence-corrected chi connectivity index (χ0v) is 17.2. The zero-order valence-electron chi connectivity index (χ0n) is 16.2. The molecule has 1 aromatic heterocycles. The van der Waals surface area contributed by atoms with Crippen molar-refractivity contribution < 1.29 is 14.0 Å². The Labute approximate surface area is 153 Å². The van der Waals surface area contributed by atoms with Gasteiger partial charge < -0.3 is 9.16 Å². The lowest BCUT2D eigenvalue weighted by molar-refractivity contribution is -0.0246. The Bertz CT molecular complexity index is 817. The Morgan fingerprint density at radius 2 is 2.08 bits per heavy atom. The number of carbonyl (C=O) groups excluding carboxylic acids is 1. The van der Waals surface area contributed by atoms with Gasteiger partial charge in [0.15, 0.2) is 8.32 Å². The minimum atomic E-state index is -1.99. The molecule has 2 heterocycles. The van der Waals surface area contributed by atoms with Crippen molar-refractivity contribution in [3.63, 3.8) is 0 Å². The first-order valence-electron chi connectivity index (χ1n) is 8.65. The number of hydrogen-bond donors (Lipinski definition) is 1. The molecule has 1 N–H and O–H groups in total. The minimum Gasteiger partial charge on any atom is -0.414 e. The van der Waals surface area contributed by atoms with Gasteiger partial charge in [0, 0.05) is 18.2 Å². The third-order valence-electron chi connectivity index (χ3n) is 5.29. The maximum Gasteiger partial charge on any atom is 0.330 e. The molecule has 0 amide bonds. The number of nitrogens with one attached hydrogen (secondary N) is 1. The summed E-state index contributed by atoms with van der Waals surface area (Å²) >= 11 is 0. The standard InChI is InChI=1S/C17H27N3O5Si/c1-11-8-20(16(23)19-15(11)22)14-7-12(18-10-21)13(25-14)9-24-26(5,6)17(2,3)4/h8,12-14H,7,9H2,1-6H3,(H,19,22,23)/t12-,13+,14+/m0/s1. The van der Waals surface area contributed by atoms with E-state index >= 15 is 0 Å². The molecule has 0 aromatic carbocycles. The number of nitrogens with zero attached hydrogens (tertiary/aromatic N) is 2. The fraction of sp³-hybridized carbons (Fsp3) is 0.706. The van der Waals surface area contributed by atoms with E-state index < -0.39 is 37.9 Å². The normalized spacial score (nSPS) is 23.7. The van der Waals surface area contributed by atoms with Crippen molar-refractivity contribution in [2.45, 2.75) is 70.6 Å². The Morgan fingerprint density at radius 1 is 1.42 bits per heavy atom. The molecule has 1 aliphatic heterocycles. The Morgan fingerprint density at radius 3 is 2.65 bits per heavy atom. The molecule has 0 radical (unpaired) electrons. The van der Waals surface area contributed by atoms with Crippen molar-refractivity contribution in [2.75, 3.05) is 6.61 Å². The lowest BCUT2D eigenvalue weighted by Gasteiger charge is -2.37. The molecule has 26 heavy (non-hydrogen) atoms. The fourth-order valence-electron chi connectivity index (χ4n) is 2.55. The molecule has 0 aliphatic carbocycles. The predicted molar refractivity (Wildman–Crippen MR) is 99.6 cm³/mol. The minimum absolute atomic E-state index is 0.0431. The van der Waals surface area contributed by atoms with Crippen LogP contribution in [0, 0.1) is 6.92 Å². The molecule has 1 fully saturated rings. The number of aliphatic imine (C=N–C) groups is 1. The highest BCUT2D eigenvalue weighted by atomic mass is 28.4. The van der Waals surface area contributed by atoms with Crippen LogP contribution in [-0.2, 0) is 14.0 Å². The van der Waals surface area contributed by atoms with Crippen molar-refractivity contribution in [1.29, 1.82) is 0 Å². The van der Waals surface area contributed by atoms with Crippen LogP contribution in [0.2, 0.25) is 18.1 Å². The molecule has 3 atom stereocenters. The molecule has 9 heteroatoms. The lowest BCUT2D eigenvalue weighted by Crippen LogP contribution is -2.43. The van der Waals surface area contributed by atoms with E-state index in [-0.39, 0.29) is 5.04 Å². The van der Waals surface area contributed by atoms with Gasteiger partial charge in [0.2, 0.25) is 6.08 Å². The molecule has 1 aliphatic rings. The monoisotopic (exact) mass is 381 g/mol. The van der Waals surface area contributed by atoms with Crippen molar-refractivity contribution in [3.05, 3.63) is 32.6 Å². The second kappa shape index (κ2) is 7.44. The van der Waals surface area contributed by atoms with E-state index in [0.29, 0.717) is 18.6 Å². The molecule has 144 valence electrons. The Kier molecular flexibility index (Phi) is 5.87. The summed E-state index contributed by atoms with van der Waals surface area (Å²) in [5, 5.41) is 0.0431. The number of ether oxygens (including phenoxy) is 1. The molecular formula is C17H27N3O5Si. The summed E-state index contributed by atoms with van der Waals surface area (Å²) in [7, 11) is -1.99. The molecule has 1 aromatic rings. The Balaban J connectivity index is 2.21. The van der Waals surface area contributed by atoms with Gasteiger partial charge in [0.1, 0.15) is 12.3 Å². The van der Waals surface area contributed by atoms with E-state index in [1.165, 1.54) is 10.8 Å². The van der Waals surface area contributed by atoms with Crippen LogP contribution in [-0.4, -0.2) is 42.7 Å². The number of aromatic amines is 1. The van der Waals surface area contributed by atoms with Gasteiger partial charge in [0.05, 0.1) is 12.6 Å². The Hall–Kier alpha value is -1.80. The zero-order chi connectivity index (χ0) is 19.7. The van der Waals surface area contributed by atoms with Crippen molar-refractivity contribution in [1.82, 2.24) is 9.55 Å². The summed E-state index contributed by atoms with van der Waals surface area (Å²) in [6.07, 6.45) is 2.32. The van der Waals surface area contributed by atoms with Gasteiger partial charge in [-0.3, -0.25) is 14.3 Å². The van der Waals surface area contributed by atoms with Crippen LogP contribution in [0.3, 0.4) is 0 Å². The van der Waals surface area contributed by atoms with E-state index in [1.54, 1.807) is 13.0 Å². The third kappa shape index (κ3) is 4.29. The van der Waals surface area contributed by atoms with Gasteiger partial charge in [-0.05, 0) is 25.1 Å². The largest absolute Gasteiger partial charge is 0.414 e. The van der Waals surface area contributed by atoms with Crippen LogP contribution < -0.4 is 11.2 Å². The van der Waals surface area contributed by atoms with E-state index in [9.17, 15) is 14.4 Å². The van der Waals surface area contributed by atoms with Crippen LogP contribution in [0.25, 0.3) is 0 Å². The first kappa shape index (κ1) is 20.5. The average molecular weight is 382 g/mol. The number of isocyanates is 1. The highest BCUT2D eigenvalue weighted by Crippen LogP contribution is 2.38. The van der Waals surface area contributed by atoms with E-state index in [1.807, 2.05) is 0 Å². The first-order chi connectivity index (χ1) is 12.0. The van der Waals surface area contributed by atoms with E-state index in [0.717, 1.165) is 0 Å². The maximum atomic E-state index is 12.1. The topological polar surface area (TPSA) is 103 Å². The van der Waals surface area contributed by atoms with Crippen molar-refractivity contribution in [2.24, 2.45) is 4.99 Å². The van der Waals surface area contributed by atoms with Gasteiger partial charge in [-0.2, -0.15) is 4.99 Å². The fourth-order valence-corrected chi connectivity index (χ4v) is 3.56. The summed E-state index contributed by atoms with van der Waals surface area (Å²) in [5.41, 5.74) is -0.570. The van der Waals surface area contributed by atoms with Crippen LogP contribution in [0.5, 0.6) is 0 Å². The number of rotatable bonds is 5. The van der Waals surface area contributed by atoms with Gasteiger partial charge >= 0.3 is 5.69 Å². The molecule has 0 bridgehead atoms. The molecule has 2 rings (SSSR count). The molecule has 8 nitrogen and oxygen atoms in total. The SMILES string of the molecule is Cc1cn([C@H]2C[C@H](N=C=O)[C@@H](CO[Si](C)(C)C(C)(C)C)O2)c(=O)[nH]c1=O. The quantitative estimate of drug-likeness (QED) is 0.476. The second-order valence-electron chi connectivity index (χ2n) is 8.20. The highest BCUT2D eigenvalue weighted by molar-refractivity contribution is 6.74. The summed E-state index contributed by atoms with van der Waals surface area (Å²) in [5.74, 6) is 0. The van der Waals surface area contributed by atoms with Gasteiger partial charge in [-0.1, -0.05) is 20.8 Å². The van der Waals surface area contributed by atoms with E-state index in [4.69, 9.17) is 9.16 Å².